The molecular formula is C18H34N2O8. The average Bonchev–Trinajstić information content (AvgIpc) is 2.65. The second-order valence-electron chi connectivity index (χ2n) is 7.93. The summed E-state index contributed by atoms with van der Waals surface area (Å²) in [6, 6.07) is -1.54. The first kappa shape index (κ1) is 23.6. The van der Waals surface area contributed by atoms with Gasteiger partial charge in [-0.25, -0.2) is 0 Å². The van der Waals surface area contributed by atoms with Crippen molar-refractivity contribution in [3.63, 3.8) is 0 Å². The van der Waals surface area contributed by atoms with Crippen molar-refractivity contribution in [3.05, 3.63) is 11.1 Å². The van der Waals surface area contributed by atoms with E-state index in [1.54, 1.807) is 20.8 Å². The van der Waals surface area contributed by atoms with Crippen LogP contribution in [0.25, 0.3) is 0 Å². The Morgan fingerprint density at radius 3 is 2.07 bits per heavy atom. The highest BCUT2D eigenvalue weighted by Crippen LogP contribution is 2.35. The van der Waals surface area contributed by atoms with Crippen LogP contribution in [0.15, 0.2) is 11.1 Å². The van der Waals surface area contributed by atoms with Gasteiger partial charge in [-0.15, -0.1) is 0 Å². The third kappa shape index (κ3) is 4.57. The molecule has 0 aromatic heterocycles. The van der Waals surface area contributed by atoms with Crippen LogP contribution >= 0.6 is 0 Å². The third-order valence-electron chi connectivity index (χ3n) is 5.67. The van der Waals surface area contributed by atoms with Gasteiger partial charge in [0.1, 0.15) is 30.5 Å². The molecule has 0 amide bonds. The van der Waals surface area contributed by atoms with E-state index in [0.29, 0.717) is 5.57 Å². The zero-order valence-electron chi connectivity index (χ0n) is 16.6. The van der Waals surface area contributed by atoms with Crippen LogP contribution in [0, 0.1) is 0 Å². The minimum atomic E-state index is -1.28. The first-order chi connectivity index (χ1) is 13.1. The molecule has 0 bridgehead atoms. The predicted octanol–water partition coefficient (Wildman–Crippen LogP) is -3.01. The van der Waals surface area contributed by atoms with Gasteiger partial charge in [-0.2, -0.15) is 0 Å². The van der Waals surface area contributed by atoms with Gasteiger partial charge in [-0.3, -0.25) is 0 Å². The average molecular weight is 406 g/mol. The molecule has 2 aliphatic heterocycles. The lowest BCUT2D eigenvalue weighted by atomic mass is 9.81. The molecule has 0 aromatic carbocycles. The molecule has 0 aliphatic carbocycles. The largest absolute Gasteiger partial charge is 0.394 e. The van der Waals surface area contributed by atoms with Gasteiger partial charge in [-0.05, 0) is 31.9 Å². The van der Waals surface area contributed by atoms with Crippen LogP contribution in [-0.4, -0.2) is 106 Å². The monoisotopic (exact) mass is 406 g/mol. The minimum Gasteiger partial charge on any atom is -0.394 e. The van der Waals surface area contributed by atoms with Gasteiger partial charge in [0.05, 0.1) is 50.2 Å². The van der Waals surface area contributed by atoms with Crippen LogP contribution in [-0.2, 0) is 14.2 Å². The van der Waals surface area contributed by atoms with E-state index in [0.717, 1.165) is 5.57 Å². The molecule has 1 saturated heterocycles. The minimum absolute atomic E-state index is 0.0214. The molecule has 7 unspecified atom stereocenters. The van der Waals surface area contributed by atoms with E-state index in [1.807, 2.05) is 0 Å². The SMILES string of the molecule is CC1=C(C(C)(C)OCC2OC(CO)C(O)C(O)C2N)[C@H](N)C(CO)OC1CO. The number of rotatable bonds is 7. The van der Waals surface area contributed by atoms with Crippen molar-refractivity contribution in [3.8, 4) is 0 Å². The van der Waals surface area contributed by atoms with Crippen molar-refractivity contribution >= 4 is 0 Å². The quantitative estimate of drug-likeness (QED) is 0.215. The van der Waals surface area contributed by atoms with Gasteiger partial charge in [0, 0.05) is 0 Å². The summed E-state index contributed by atoms with van der Waals surface area (Å²) < 4.78 is 17.3. The molecule has 8 atom stereocenters. The Balaban J connectivity index is 2.17. The molecule has 0 radical (unpaired) electrons. The maximum atomic E-state index is 10.1. The van der Waals surface area contributed by atoms with E-state index >= 15 is 0 Å². The highest BCUT2D eigenvalue weighted by Gasteiger charge is 2.45. The summed E-state index contributed by atoms with van der Waals surface area (Å²) in [5.41, 5.74) is 12.7. The number of hydrogen-bond acceptors (Lipinski definition) is 10. The Kier molecular flexibility index (Phi) is 7.96. The zero-order valence-corrected chi connectivity index (χ0v) is 16.6. The van der Waals surface area contributed by atoms with Gasteiger partial charge < -0.3 is 51.2 Å². The Labute approximate surface area is 164 Å². The molecular weight excluding hydrogens is 372 g/mol. The van der Waals surface area contributed by atoms with Crippen LogP contribution in [0.4, 0.5) is 0 Å². The van der Waals surface area contributed by atoms with Gasteiger partial charge in [0.25, 0.3) is 0 Å². The van der Waals surface area contributed by atoms with Crippen LogP contribution < -0.4 is 11.5 Å². The standard InChI is InChI=1S/C18H34N2O8/c1-8-9(4-21)27-10(5-22)14(19)13(8)18(2,3)26-7-12-15(20)17(25)16(24)11(6-23)28-12/h9-12,14-17,21-25H,4-7,19-20H2,1-3H3/t9?,10?,11?,12?,14-,15?,16?,17?/m1/s1. The highest BCUT2D eigenvalue weighted by atomic mass is 16.6. The summed E-state index contributed by atoms with van der Waals surface area (Å²) in [6.45, 7) is 4.34. The maximum absolute atomic E-state index is 10.1. The van der Waals surface area contributed by atoms with Crippen LogP contribution in [0.2, 0.25) is 0 Å². The number of aliphatic hydroxyl groups excluding tert-OH is 5. The molecule has 2 heterocycles. The summed E-state index contributed by atoms with van der Waals surface area (Å²) in [5.74, 6) is 0. The Bertz CT molecular complexity index is 556. The second kappa shape index (κ2) is 9.43. The van der Waals surface area contributed by atoms with Crippen LogP contribution in [0.1, 0.15) is 20.8 Å². The number of aliphatic hydroxyl groups is 5. The highest BCUT2D eigenvalue weighted by molar-refractivity contribution is 5.32. The molecule has 9 N–H and O–H groups in total. The molecule has 164 valence electrons. The summed E-state index contributed by atoms with van der Waals surface area (Å²) in [4.78, 5) is 0. The smallest absolute Gasteiger partial charge is 0.110 e. The molecule has 0 spiro atoms. The lowest BCUT2D eigenvalue weighted by Crippen LogP contribution is -2.63. The number of nitrogens with two attached hydrogens (primary N) is 2. The molecule has 1 fully saturated rings. The first-order valence-corrected chi connectivity index (χ1v) is 9.44. The number of hydrogen-bond donors (Lipinski definition) is 7. The molecule has 10 heteroatoms. The van der Waals surface area contributed by atoms with E-state index in [2.05, 4.69) is 0 Å². The topological polar surface area (TPSA) is 181 Å². The zero-order chi connectivity index (χ0) is 21.2. The van der Waals surface area contributed by atoms with Crippen molar-refractivity contribution in [1.29, 1.82) is 0 Å². The predicted molar refractivity (Wildman–Crippen MR) is 99.3 cm³/mol. The summed E-state index contributed by atoms with van der Waals surface area (Å²) in [5, 5.41) is 48.5. The molecule has 28 heavy (non-hydrogen) atoms. The fourth-order valence-corrected chi connectivity index (χ4v) is 3.97. The normalized spacial score (nSPS) is 40.1. The fraction of sp³-hybridized carbons (Fsp3) is 0.889. The van der Waals surface area contributed by atoms with Gasteiger partial charge in [-0.1, -0.05) is 0 Å². The number of ether oxygens (including phenoxy) is 3. The van der Waals surface area contributed by atoms with E-state index in [-0.39, 0.29) is 19.8 Å². The molecule has 0 saturated carbocycles. The van der Waals surface area contributed by atoms with Gasteiger partial charge in [0.15, 0.2) is 0 Å². The Morgan fingerprint density at radius 1 is 0.929 bits per heavy atom. The van der Waals surface area contributed by atoms with Crippen LogP contribution in [0.3, 0.4) is 0 Å². The maximum Gasteiger partial charge on any atom is 0.110 e. The van der Waals surface area contributed by atoms with Crippen molar-refractivity contribution in [1.82, 2.24) is 0 Å². The van der Waals surface area contributed by atoms with E-state index in [4.69, 9.17) is 25.7 Å². The van der Waals surface area contributed by atoms with Crippen molar-refractivity contribution in [2.24, 2.45) is 11.5 Å². The van der Waals surface area contributed by atoms with Gasteiger partial charge in [0.2, 0.25) is 0 Å². The Hall–Kier alpha value is -0.660. The summed E-state index contributed by atoms with van der Waals surface area (Å²) >= 11 is 0. The molecule has 2 rings (SSSR count). The fourth-order valence-electron chi connectivity index (χ4n) is 3.97. The summed E-state index contributed by atoms with van der Waals surface area (Å²) in [6.07, 6.45) is -5.54. The molecule has 2 aliphatic rings. The van der Waals surface area contributed by atoms with Crippen molar-refractivity contribution in [2.45, 2.75) is 75.1 Å². The van der Waals surface area contributed by atoms with E-state index < -0.39 is 60.9 Å². The van der Waals surface area contributed by atoms with Crippen LogP contribution in [0.5, 0.6) is 0 Å². The third-order valence-corrected chi connectivity index (χ3v) is 5.67. The van der Waals surface area contributed by atoms with E-state index in [1.165, 1.54) is 0 Å². The molecule has 10 nitrogen and oxygen atoms in total. The van der Waals surface area contributed by atoms with Gasteiger partial charge >= 0.3 is 0 Å². The first-order valence-electron chi connectivity index (χ1n) is 9.44. The lowest BCUT2D eigenvalue weighted by molar-refractivity contribution is -0.207. The van der Waals surface area contributed by atoms with Crippen molar-refractivity contribution in [2.75, 3.05) is 26.4 Å². The second-order valence-corrected chi connectivity index (χ2v) is 7.93. The summed E-state index contributed by atoms with van der Waals surface area (Å²) in [7, 11) is 0. The van der Waals surface area contributed by atoms with E-state index in [9.17, 15) is 25.5 Å². The lowest BCUT2D eigenvalue weighted by Gasteiger charge is -2.44. The molecule has 0 aromatic rings. The Morgan fingerprint density at radius 2 is 1.54 bits per heavy atom. The van der Waals surface area contributed by atoms with Crippen molar-refractivity contribution < 1.29 is 39.7 Å².